The summed E-state index contributed by atoms with van der Waals surface area (Å²) in [7, 11) is 0. The highest BCUT2D eigenvalue weighted by atomic mass is 79.9. The number of benzene rings is 1. The van der Waals surface area contributed by atoms with Gasteiger partial charge >= 0.3 is 0 Å². The fourth-order valence-corrected chi connectivity index (χ4v) is 3.37. The van der Waals surface area contributed by atoms with Gasteiger partial charge in [0.1, 0.15) is 11.9 Å². The Morgan fingerprint density at radius 2 is 2.29 bits per heavy atom. The minimum atomic E-state index is -0.137. The lowest BCUT2D eigenvalue weighted by atomic mass is 9.92. The Morgan fingerprint density at radius 1 is 1.41 bits per heavy atom. The fraction of sp³-hybridized carbons (Fsp3) is 0.538. The van der Waals surface area contributed by atoms with Crippen molar-refractivity contribution < 1.29 is 9.13 Å². The second-order valence-electron chi connectivity index (χ2n) is 4.67. The monoisotopic (exact) mass is 299 g/mol. The second kappa shape index (κ2) is 4.67. The van der Waals surface area contributed by atoms with Crippen LogP contribution >= 0.6 is 15.9 Å². The van der Waals surface area contributed by atoms with Gasteiger partial charge in [-0.25, -0.2) is 4.39 Å². The Morgan fingerprint density at radius 3 is 3.06 bits per heavy atom. The number of hydrogen-bond acceptors (Lipinski definition) is 2. The Bertz CT molecular complexity index is 432. The highest BCUT2D eigenvalue weighted by molar-refractivity contribution is 9.10. The Kier molecular flexibility index (Phi) is 3.19. The maximum absolute atomic E-state index is 14.0. The summed E-state index contributed by atoms with van der Waals surface area (Å²) >= 11 is 3.51. The van der Waals surface area contributed by atoms with Crippen LogP contribution < -0.4 is 5.32 Å². The lowest BCUT2D eigenvalue weighted by molar-refractivity contribution is 0.0170. The van der Waals surface area contributed by atoms with E-state index >= 15 is 0 Å². The molecule has 4 heteroatoms. The molecule has 2 atom stereocenters. The molecule has 0 saturated carbocycles. The molecule has 1 aromatic carbocycles. The molecule has 0 radical (unpaired) electrons. The first kappa shape index (κ1) is 11.6. The number of rotatable bonds is 1. The van der Waals surface area contributed by atoms with Gasteiger partial charge in [-0.2, -0.15) is 0 Å². The van der Waals surface area contributed by atoms with E-state index in [1.807, 2.05) is 0 Å². The van der Waals surface area contributed by atoms with Gasteiger partial charge in [0.25, 0.3) is 0 Å². The molecule has 0 aliphatic carbocycles. The first-order valence-corrected chi connectivity index (χ1v) is 6.88. The van der Waals surface area contributed by atoms with Crippen LogP contribution in [0.15, 0.2) is 16.6 Å². The summed E-state index contributed by atoms with van der Waals surface area (Å²) in [5.41, 5.74) is 1.83. The van der Waals surface area contributed by atoms with Gasteiger partial charge in [-0.3, -0.25) is 0 Å². The van der Waals surface area contributed by atoms with Crippen molar-refractivity contribution in [2.24, 2.45) is 0 Å². The van der Waals surface area contributed by atoms with Gasteiger partial charge in [-0.1, -0.05) is 15.9 Å². The molecule has 17 heavy (non-hydrogen) atoms. The van der Waals surface area contributed by atoms with Crippen LogP contribution in [-0.2, 0) is 11.2 Å². The molecular weight excluding hydrogens is 285 g/mol. The normalized spacial score (nSPS) is 28.1. The Labute approximate surface area is 109 Å². The highest BCUT2D eigenvalue weighted by Crippen LogP contribution is 2.37. The predicted octanol–water partition coefficient (Wildman–Crippen LogP) is 2.95. The smallest absolute Gasteiger partial charge is 0.129 e. The first-order valence-electron chi connectivity index (χ1n) is 6.09. The number of fused-ring (bicyclic) bond motifs is 1. The molecule has 2 aliphatic rings. The van der Waals surface area contributed by atoms with Gasteiger partial charge in [0.2, 0.25) is 0 Å². The zero-order valence-electron chi connectivity index (χ0n) is 9.51. The maximum atomic E-state index is 14.0. The van der Waals surface area contributed by atoms with Crippen molar-refractivity contribution in [3.05, 3.63) is 33.5 Å². The zero-order chi connectivity index (χ0) is 11.8. The topological polar surface area (TPSA) is 21.3 Å². The van der Waals surface area contributed by atoms with E-state index in [1.165, 1.54) is 6.07 Å². The molecular formula is C13H15BrFNO. The minimum absolute atomic E-state index is 0.126. The van der Waals surface area contributed by atoms with E-state index in [0.717, 1.165) is 41.4 Å². The van der Waals surface area contributed by atoms with Crippen molar-refractivity contribution in [3.8, 4) is 0 Å². The number of hydrogen-bond donors (Lipinski definition) is 1. The van der Waals surface area contributed by atoms with E-state index in [2.05, 4.69) is 21.2 Å². The van der Waals surface area contributed by atoms with Crippen molar-refractivity contribution in [2.45, 2.75) is 31.4 Å². The number of nitrogens with one attached hydrogen (secondary N) is 1. The lowest BCUT2D eigenvalue weighted by Gasteiger charge is -2.31. The average molecular weight is 300 g/mol. The van der Waals surface area contributed by atoms with Gasteiger partial charge in [0.05, 0.1) is 6.61 Å². The summed E-state index contributed by atoms with van der Waals surface area (Å²) in [6.07, 6.45) is 2.88. The third-order valence-corrected chi connectivity index (χ3v) is 4.39. The van der Waals surface area contributed by atoms with Crippen LogP contribution in [0.4, 0.5) is 4.39 Å². The van der Waals surface area contributed by atoms with Gasteiger partial charge in [0.15, 0.2) is 0 Å². The molecule has 0 amide bonds. The predicted molar refractivity (Wildman–Crippen MR) is 67.5 cm³/mol. The van der Waals surface area contributed by atoms with Crippen LogP contribution in [0.3, 0.4) is 0 Å². The van der Waals surface area contributed by atoms with E-state index < -0.39 is 0 Å². The third-order valence-electron chi connectivity index (χ3n) is 3.64. The van der Waals surface area contributed by atoms with Gasteiger partial charge in [-0.05, 0) is 43.5 Å². The van der Waals surface area contributed by atoms with Crippen molar-refractivity contribution >= 4 is 15.9 Å². The molecule has 2 nitrogen and oxygen atoms in total. The minimum Gasteiger partial charge on any atom is -0.371 e. The third kappa shape index (κ3) is 2.02. The molecule has 0 spiro atoms. The number of halogens is 2. The van der Waals surface area contributed by atoms with Crippen LogP contribution in [0.2, 0.25) is 0 Å². The highest BCUT2D eigenvalue weighted by Gasteiger charge is 2.33. The number of ether oxygens (including phenoxy) is 1. The van der Waals surface area contributed by atoms with E-state index in [0.29, 0.717) is 6.61 Å². The molecule has 1 fully saturated rings. The Balaban J connectivity index is 2.03. The van der Waals surface area contributed by atoms with Crippen LogP contribution in [0.1, 0.15) is 30.1 Å². The van der Waals surface area contributed by atoms with E-state index in [4.69, 9.17) is 4.74 Å². The molecule has 2 aliphatic heterocycles. The van der Waals surface area contributed by atoms with Crippen LogP contribution in [0.25, 0.3) is 0 Å². The van der Waals surface area contributed by atoms with Gasteiger partial charge in [0, 0.05) is 16.1 Å². The molecule has 0 aromatic heterocycles. The summed E-state index contributed by atoms with van der Waals surface area (Å²) in [6, 6.07) is 3.58. The zero-order valence-corrected chi connectivity index (χ0v) is 11.1. The van der Waals surface area contributed by atoms with Crippen molar-refractivity contribution in [1.82, 2.24) is 5.32 Å². The maximum Gasteiger partial charge on any atom is 0.129 e. The summed E-state index contributed by atoms with van der Waals surface area (Å²) in [5.74, 6) is -0.137. The average Bonchev–Trinajstić information content (AvgIpc) is 2.87. The molecule has 92 valence electrons. The lowest BCUT2D eigenvalue weighted by Crippen LogP contribution is -2.34. The first-order chi connectivity index (χ1) is 8.27. The SMILES string of the molecule is Fc1ccc(Br)c2c1C([C@@H]1CCCN1)OCC2. The fourth-order valence-electron chi connectivity index (χ4n) is 2.83. The summed E-state index contributed by atoms with van der Waals surface area (Å²) < 4.78 is 20.8. The summed E-state index contributed by atoms with van der Waals surface area (Å²) in [5, 5.41) is 3.41. The van der Waals surface area contributed by atoms with Crippen LogP contribution in [0.5, 0.6) is 0 Å². The van der Waals surface area contributed by atoms with Crippen molar-refractivity contribution in [1.29, 1.82) is 0 Å². The molecule has 3 rings (SSSR count). The van der Waals surface area contributed by atoms with Crippen LogP contribution in [-0.4, -0.2) is 19.2 Å². The van der Waals surface area contributed by atoms with E-state index in [9.17, 15) is 4.39 Å². The molecule has 1 aromatic rings. The van der Waals surface area contributed by atoms with Gasteiger partial charge < -0.3 is 10.1 Å². The summed E-state index contributed by atoms with van der Waals surface area (Å²) in [6.45, 7) is 1.69. The molecule has 0 bridgehead atoms. The van der Waals surface area contributed by atoms with Crippen molar-refractivity contribution in [2.75, 3.05) is 13.2 Å². The molecule has 1 saturated heterocycles. The summed E-state index contributed by atoms with van der Waals surface area (Å²) in [4.78, 5) is 0. The molecule has 1 unspecified atom stereocenters. The molecule has 1 N–H and O–H groups in total. The standard InChI is InChI=1S/C13H15BrFNO/c14-9-3-4-10(15)12-8(9)5-7-17-13(12)11-2-1-6-16-11/h3-4,11,13,16H,1-2,5-7H2/t11-,13?/m0/s1. The second-order valence-corrected chi connectivity index (χ2v) is 5.52. The quantitative estimate of drug-likeness (QED) is 0.861. The van der Waals surface area contributed by atoms with Crippen molar-refractivity contribution in [3.63, 3.8) is 0 Å². The molecule has 2 heterocycles. The Hall–Kier alpha value is -0.450. The van der Waals surface area contributed by atoms with E-state index in [-0.39, 0.29) is 18.0 Å². The van der Waals surface area contributed by atoms with E-state index in [1.54, 1.807) is 6.07 Å². The van der Waals surface area contributed by atoms with Crippen LogP contribution in [0, 0.1) is 5.82 Å². The largest absolute Gasteiger partial charge is 0.371 e. The van der Waals surface area contributed by atoms with Gasteiger partial charge in [-0.15, -0.1) is 0 Å².